The molecule has 164 valence electrons. The second-order valence-corrected chi connectivity index (χ2v) is 13.3. The van der Waals surface area contributed by atoms with Gasteiger partial charge in [-0.15, -0.1) is 0 Å². The van der Waals surface area contributed by atoms with Gasteiger partial charge in [0.1, 0.15) is 19.6 Å². The molecular formula is C30H28O2Si. The average molecular weight is 449 g/mol. The van der Waals surface area contributed by atoms with Gasteiger partial charge in [-0.2, -0.15) is 0 Å². The van der Waals surface area contributed by atoms with Crippen molar-refractivity contribution < 1.29 is 9.47 Å². The number of benzene rings is 4. The Morgan fingerprint density at radius 3 is 1.21 bits per heavy atom. The standard InChI is InChI=1S/C30H28O2Si/c1-31-27-13-7-21(8-14-27)23-11-17-29-25(19-23)5-6-26-20-24(12-18-30(26)33(29,3)4)22-9-15-28(32-2)16-10-22/h5-20H,1-4H3. The summed E-state index contributed by atoms with van der Waals surface area (Å²) in [6.45, 7) is 4.91. The van der Waals surface area contributed by atoms with Crippen molar-refractivity contribution in [2.24, 2.45) is 0 Å². The molecule has 2 nitrogen and oxygen atoms in total. The molecule has 4 aromatic rings. The second kappa shape index (κ2) is 8.42. The first-order chi connectivity index (χ1) is 16.0. The summed E-state index contributed by atoms with van der Waals surface area (Å²) in [6.07, 6.45) is 4.58. The Kier molecular flexibility index (Phi) is 5.43. The fourth-order valence-corrected chi connectivity index (χ4v) is 7.83. The van der Waals surface area contributed by atoms with E-state index in [4.69, 9.17) is 9.47 Å². The zero-order valence-electron chi connectivity index (χ0n) is 19.6. The zero-order chi connectivity index (χ0) is 23.0. The van der Waals surface area contributed by atoms with Crippen LogP contribution in [0.25, 0.3) is 34.4 Å². The third-order valence-corrected chi connectivity index (χ3v) is 10.3. The third kappa shape index (κ3) is 3.89. The van der Waals surface area contributed by atoms with Crippen LogP contribution < -0.4 is 19.8 Å². The number of hydrogen-bond acceptors (Lipinski definition) is 2. The smallest absolute Gasteiger partial charge is 0.118 e. The van der Waals surface area contributed by atoms with Crippen LogP contribution in [-0.4, -0.2) is 22.3 Å². The van der Waals surface area contributed by atoms with Gasteiger partial charge in [0.15, 0.2) is 0 Å². The fraction of sp³-hybridized carbons (Fsp3) is 0.133. The van der Waals surface area contributed by atoms with Crippen LogP contribution in [0.4, 0.5) is 0 Å². The molecule has 0 spiro atoms. The van der Waals surface area contributed by atoms with Crippen LogP contribution in [0, 0.1) is 0 Å². The molecule has 5 rings (SSSR count). The Bertz CT molecular complexity index is 1230. The highest BCUT2D eigenvalue weighted by molar-refractivity contribution is 7.01. The van der Waals surface area contributed by atoms with Crippen molar-refractivity contribution in [3.8, 4) is 33.8 Å². The average Bonchev–Trinajstić information content (AvgIpc) is 2.97. The highest BCUT2D eigenvalue weighted by Crippen LogP contribution is 2.28. The molecule has 33 heavy (non-hydrogen) atoms. The minimum absolute atomic E-state index is 0.880. The lowest BCUT2D eigenvalue weighted by molar-refractivity contribution is 0.415. The lowest BCUT2D eigenvalue weighted by Gasteiger charge is -2.26. The van der Waals surface area contributed by atoms with Gasteiger partial charge >= 0.3 is 0 Å². The SMILES string of the molecule is COc1ccc(-c2ccc3c(c2)C=Cc2cc(-c4ccc(OC)cc4)ccc2[Si]3(C)C)cc1. The molecule has 0 radical (unpaired) electrons. The number of ether oxygens (including phenoxy) is 2. The molecule has 0 unspecified atom stereocenters. The molecule has 0 saturated heterocycles. The van der Waals surface area contributed by atoms with Crippen molar-refractivity contribution in [1.29, 1.82) is 0 Å². The third-order valence-electron chi connectivity index (χ3n) is 6.74. The maximum atomic E-state index is 5.32. The molecule has 0 N–H and O–H groups in total. The van der Waals surface area contributed by atoms with E-state index in [1.54, 1.807) is 14.2 Å². The van der Waals surface area contributed by atoms with Crippen molar-refractivity contribution in [1.82, 2.24) is 0 Å². The molecule has 0 fully saturated rings. The molecule has 0 amide bonds. The Morgan fingerprint density at radius 1 is 0.485 bits per heavy atom. The number of methoxy groups -OCH3 is 2. The van der Waals surface area contributed by atoms with Crippen molar-refractivity contribution in [3.63, 3.8) is 0 Å². The van der Waals surface area contributed by atoms with Gasteiger partial charge < -0.3 is 9.47 Å². The summed E-state index contributed by atoms with van der Waals surface area (Å²) in [7, 11) is 1.54. The minimum Gasteiger partial charge on any atom is -0.497 e. The topological polar surface area (TPSA) is 18.5 Å². The van der Waals surface area contributed by atoms with Gasteiger partial charge in [0.2, 0.25) is 0 Å². The minimum atomic E-state index is -1.86. The van der Waals surface area contributed by atoms with E-state index in [0.29, 0.717) is 0 Å². The molecule has 1 heterocycles. The van der Waals surface area contributed by atoms with Crippen molar-refractivity contribution in [3.05, 3.63) is 96.1 Å². The van der Waals surface area contributed by atoms with Crippen molar-refractivity contribution in [2.75, 3.05) is 14.2 Å². The maximum Gasteiger partial charge on any atom is 0.118 e. The lowest BCUT2D eigenvalue weighted by atomic mass is 10.0. The van der Waals surface area contributed by atoms with Gasteiger partial charge in [-0.05, 0) is 80.2 Å². The summed E-state index contributed by atoms with van der Waals surface area (Å²) in [5.74, 6) is 1.76. The molecule has 1 aliphatic rings. The molecule has 0 saturated carbocycles. The van der Waals surface area contributed by atoms with Crippen LogP contribution in [0.3, 0.4) is 0 Å². The van der Waals surface area contributed by atoms with E-state index in [2.05, 4.69) is 85.9 Å². The number of hydrogen-bond donors (Lipinski definition) is 0. The fourth-order valence-electron chi connectivity index (χ4n) is 4.79. The summed E-state index contributed by atoms with van der Waals surface area (Å²) in [5.41, 5.74) is 7.51. The summed E-state index contributed by atoms with van der Waals surface area (Å²) < 4.78 is 10.6. The Hall–Kier alpha value is -3.56. The van der Waals surface area contributed by atoms with Crippen LogP contribution >= 0.6 is 0 Å². The van der Waals surface area contributed by atoms with E-state index in [-0.39, 0.29) is 0 Å². The Morgan fingerprint density at radius 2 is 0.848 bits per heavy atom. The molecule has 4 aromatic carbocycles. The largest absolute Gasteiger partial charge is 0.497 e. The van der Waals surface area contributed by atoms with E-state index in [1.807, 2.05) is 24.3 Å². The van der Waals surface area contributed by atoms with Crippen LogP contribution in [-0.2, 0) is 0 Å². The van der Waals surface area contributed by atoms with Crippen LogP contribution in [0.15, 0.2) is 84.9 Å². The van der Waals surface area contributed by atoms with E-state index in [0.717, 1.165) is 11.5 Å². The highest BCUT2D eigenvalue weighted by Gasteiger charge is 2.31. The van der Waals surface area contributed by atoms with E-state index < -0.39 is 8.07 Å². The highest BCUT2D eigenvalue weighted by atomic mass is 28.3. The number of rotatable bonds is 4. The first kappa shape index (κ1) is 21.3. The summed E-state index contributed by atoms with van der Waals surface area (Å²) in [4.78, 5) is 0. The van der Waals surface area contributed by atoms with Gasteiger partial charge in [0, 0.05) is 0 Å². The molecular weight excluding hydrogens is 420 g/mol. The molecule has 0 aromatic heterocycles. The molecule has 0 bridgehead atoms. The number of fused-ring (bicyclic) bond motifs is 2. The molecule has 3 heteroatoms. The summed E-state index contributed by atoms with van der Waals surface area (Å²) in [5, 5.41) is 2.96. The van der Waals surface area contributed by atoms with E-state index in [1.165, 1.54) is 43.8 Å². The maximum absolute atomic E-state index is 5.32. The second-order valence-electron chi connectivity index (χ2n) is 9.02. The first-order valence-corrected chi connectivity index (χ1v) is 14.3. The van der Waals surface area contributed by atoms with E-state index in [9.17, 15) is 0 Å². The monoisotopic (exact) mass is 448 g/mol. The van der Waals surface area contributed by atoms with Gasteiger partial charge in [0.05, 0.1) is 14.2 Å². The first-order valence-electron chi connectivity index (χ1n) is 11.3. The lowest BCUT2D eigenvalue weighted by Crippen LogP contribution is -2.54. The molecule has 0 aliphatic carbocycles. The van der Waals surface area contributed by atoms with E-state index >= 15 is 0 Å². The summed E-state index contributed by atoms with van der Waals surface area (Å²) >= 11 is 0. The van der Waals surface area contributed by atoms with Crippen LogP contribution in [0.5, 0.6) is 11.5 Å². The van der Waals surface area contributed by atoms with Crippen molar-refractivity contribution in [2.45, 2.75) is 13.1 Å². The van der Waals surface area contributed by atoms with Crippen molar-refractivity contribution >= 4 is 30.6 Å². The Labute approximate surface area is 197 Å². The summed E-state index contributed by atoms with van der Waals surface area (Å²) in [6, 6.07) is 30.5. The van der Waals surface area contributed by atoms with Crippen LogP contribution in [0.1, 0.15) is 11.1 Å². The van der Waals surface area contributed by atoms with Gasteiger partial charge in [0.25, 0.3) is 0 Å². The van der Waals surface area contributed by atoms with Gasteiger partial charge in [-0.3, -0.25) is 0 Å². The van der Waals surface area contributed by atoms with Gasteiger partial charge in [-0.25, -0.2) is 0 Å². The zero-order valence-corrected chi connectivity index (χ0v) is 20.6. The van der Waals surface area contributed by atoms with Gasteiger partial charge in [-0.1, -0.05) is 73.8 Å². The van der Waals surface area contributed by atoms with Crippen LogP contribution in [0.2, 0.25) is 13.1 Å². The predicted octanol–water partition coefficient (Wildman–Crippen LogP) is 6.34. The molecule has 1 aliphatic heterocycles. The molecule has 0 atom stereocenters. The Balaban J connectivity index is 1.55. The normalized spacial score (nSPS) is 13.6. The quantitative estimate of drug-likeness (QED) is 0.339. The predicted molar refractivity (Wildman–Crippen MR) is 143 cm³/mol.